The average molecular weight is 286 g/mol. The van der Waals surface area contributed by atoms with E-state index in [0.717, 1.165) is 6.54 Å². The summed E-state index contributed by atoms with van der Waals surface area (Å²) < 4.78 is 0. The van der Waals surface area contributed by atoms with E-state index in [-0.39, 0.29) is 12.5 Å². The number of nitrogens with zero attached hydrogens (tertiary/aromatic N) is 1. The molecule has 0 radical (unpaired) electrons. The Hall–Kier alpha value is -1.30. The van der Waals surface area contributed by atoms with E-state index in [0.29, 0.717) is 35.9 Å². The molecule has 0 aromatic heterocycles. The molecule has 1 rings (SSSR count). The minimum Gasteiger partial charge on any atom is -0.399 e. The number of nitrogens with one attached hydrogen (secondary N) is 1. The van der Waals surface area contributed by atoms with Gasteiger partial charge in [-0.25, -0.2) is 0 Å². The fourth-order valence-electron chi connectivity index (χ4n) is 1.67. The molecule has 1 aromatic rings. The third kappa shape index (κ3) is 5.46. The van der Waals surface area contributed by atoms with Crippen molar-refractivity contribution in [2.45, 2.75) is 13.3 Å². The Bertz CT molecular complexity index is 426. The maximum absolute atomic E-state index is 11.8. The Morgan fingerprint density at radius 1 is 1.47 bits per heavy atom. The third-order valence-electron chi connectivity index (χ3n) is 2.79. The van der Waals surface area contributed by atoms with Crippen molar-refractivity contribution in [3.8, 4) is 0 Å². The summed E-state index contributed by atoms with van der Waals surface area (Å²) in [6.07, 6.45) is 0.356. The topological polar surface area (TPSA) is 78.6 Å². The Labute approximate surface area is 118 Å². The molecule has 1 amide bonds. The van der Waals surface area contributed by atoms with Crippen molar-refractivity contribution in [1.29, 1.82) is 0 Å². The number of halogens is 1. The molecule has 0 fully saturated rings. The lowest BCUT2D eigenvalue weighted by molar-refractivity contribution is -0.116. The van der Waals surface area contributed by atoms with E-state index < -0.39 is 0 Å². The molecule has 0 bridgehead atoms. The highest BCUT2D eigenvalue weighted by atomic mass is 35.5. The molecule has 106 valence electrons. The average Bonchev–Trinajstić information content (AvgIpc) is 2.38. The van der Waals surface area contributed by atoms with Crippen molar-refractivity contribution < 1.29 is 9.90 Å². The highest BCUT2D eigenvalue weighted by molar-refractivity contribution is 6.34. The Morgan fingerprint density at radius 2 is 2.21 bits per heavy atom. The van der Waals surface area contributed by atoms with Gasteiger partial charge in [0.15, 0.2) is 0 Å². The Balaban J connectivity index is 2.46. The molecule has 5 nitrogen and oxygen atoms in total. The summed E-state index contributed by atoms with van der Waals surface area (Å²) >= 11 is 5.98. The van der Waals surface area contributed by atoms with E-state index in [9.17, 15) is 4.79 Å². The van der Waals surface area contributed by atoms with Crippen LogP contribution in [0, 0.1) is 0 Å². The van der Waals surface area contributed by atoms with Gasteiger partial charge in [-0.3, -0.25) is 4.79 Å². The van der Waals surface area contributed by atoms with Gasteiger partial charge in [-0.15, -0.1) is 0 Å². The summed E-state index contributed by atoms with van der Waals surface area (Å²) in [6, 6.07) is 4.97. The molecule has 0 spiro atoms. The van der Waals surface area contributed by atoms with E-state index in [2.05, 4.69) is 5.32 Å². The lowest BCUT2D eigenvalue weighted by atomic mass is 10.2. The van der Waals surface area contributed by atoms with Gasteiger partial charge in [0, 0.05) is 25.2 Å². The summed E-state index contributed by atoms with van der Waals surface area (Å²) in [5.74, 6) is -0.108. The summed E-state index contributed by atoms with van der Waals surface area (Å²) in [5.41, 5.74) is 6.70. The second-order valence-corrected chi connectivity index (χ2v) is 4.60. The second kappa shape index (κ2) is 7.99. The van der Waals surface area contributed by atoms with E-state index >= 15 is 0 Å². The van der Waals surface area contributed by atoms with Gasteiger partial charge in [-0.05, 0) is 24.7 Å². The molecule has 0 aliphatic carbocycles. The van der Waals surface area contributed by atoms with Crippen LogP contribution in [0.2, 0.25) is 5.02 Å². The van der Waals surface area contributed by atoms with Crippen molar-refractivity contribution in [2.75, 3.05) is 37.3 Å². The van der Waals surface area contributed by atoms with Gasteiger partial charge in [0.1, 0.15) is 0 Å². The highest BCUT2D eigenvalue weighted by Crippen LogP contribution is 2.24. The normalized spacial score (nSPS) is 10.7. The number of nitrogen functional groups attached to an aromatic ring is 1. The van der Waals surface area contributed by atoms with Gasteiger partial charge in [-0.2, -0.15) is 0 Å². The van der Waals surface area contributed by atoms with Gasteiger partial charge in [0.2, 0.25) is 5.91 Å². The number of aliphatic hydroxyl groups is 1. The smallest absolute Gasteiger partial charge is 0.225 e. The first-order valence-corrected chi connectivity index (χ1v) is 6.62. The first-order chi connectivity index (χ1) is 9.06. The van der Waals surface area contributed by atoms with Crippen LogP contribution in [0.5, 0.6) is 0 Å². The van der Waals surface area contributed by atoms with E-state index in [4.69, 9.17) is 22.4 Å². The summed E-state index contributed by atoms with van der Waals surface area (Å²) in [4.78, 5) is 13.8. The lowest BCUT2D eigenvalue weighted by Gasteiger charge is -2.18. The number of aliphatic hydroxyl groups excluding tert-OH is 1. The zero-order valence-electron chi connectivity index (χ0n) is 11.0. The number of amides is 1. The van der Waals surface area contributed by atoms with Crippen LogP contribution in [-0.2, 0) is 4.79 Å². The standard InChI is InChI=1S/C13H20ClN3O2/c1-2-17(7-8-18)6-5-13(19)16-12-4-3-10(15)9-11(12)14/h3-4,9,18H,2,5-8,15H2,1H3,(H,16,19). The Morgan fingerprint density at radius 3 is 2.79 bits per heavy atom. The first-order valence-electron chi connectivity index (χ1n) is 6.25. The molecule has 1 aromatic carbocycles. The van der Waals surface area contributed by atoms with Crippen LogP contribution < -0.4 is 11.1 Å². The number of benzene rings is 1. The molecule has 19 heavy (non-hydrogen) atoms. The van der Waals surface area contributed by atoms with Crippen molar-refractivity contribution >= 4 is 28.9 Å². The van der Waals surface area contributed by atoms with E-state index in [1.165, 1.54) is 0 Å². The van der Waals surface area contributed by atoms with Crippen LogP contribution in [0.15, 0.2) is 18.2 Å². The van der Waals surface area contributed by atoms with Crippen LogP contribution in [0.25, 0.3) is 0 Å². The SMILES string of the molecule is CCN(CCO)CCC(=O)Nc1ccc(N)cc1Cl. The lowest BCUT2D eigenvalue weighted by Crippen LogP contribution is -2.30. The maximum atomic E-state index is 11.8. The predicted octanol–water partition coefficient (Wildman–Crippen LogP) is 1.56. The van der Waals surface area contributed by atoms with E-state index in [1.807, 2.05) is 11.8 Å². The summed E-state index contributed by atoms with van der Waals surface area (Å²) in [5, 5.41) is 12.0. The van der Waals surface area contributed by atoms with E-state index in [1.54, 1.807) is 18.2 Å². The molecule has 0 aliphatic rings. The molecule has 4 N–H and O–H groups in total. The van der Waals surface area contributed by atoms with Gasteiger partial charge >= 0.3 is 0 Å². The second-order valence-electron chi connectivity index (χ2n) is 4.20. The quantitative estimate of drug-likeness (QED) is 0.665. The van der Waals surface area contributed by atoms with Crippen LogP contribution in [0.4, 0.5) is 11.4 Å². The maximum Gasteiger partial charge on any atom is 0.225 e. The molecule has 0 heterocycles. The molecule has 0 saturated carbocycles. The fraction of sp³-hybridized carbons (Fsp3) is 0.462. The number of carbonyl (C=O) groups excluding carboxylic acids is 1. The number of carbonyl (C=O) groups is 1. The zero-order valence-corrected chi connectivity index (χ0v) is 11.8. The van der Waals surface area contributed by atoms with Crippen molar-refractivity contribution in [1.82, 2.24) is 4.90 Å². The number of rotatable bonds is 7. The molecule has 0 unspecified atom stereocenters. The molecule has 0 aliphatic heterocycles. The number of nitrogens with two attached hydrogens (primary N) is 1. The minimum absolute atomic E-state index is 0.0965. The van der Waals surface area contributed by atoms with Crippen molar-refractivity contribution in [2.24, 2.45) is 0 Å². The minimum atomic E-state index is -0.108. The fourth-order valence-corrected chi connectivity index (χ4v) is 1.91. The number of likely N-dealkylation sites (N-methyl/N-ethyl adjacent to an activating group) is 1. The van der Waals surface area contributed by atoms with Crippen LogP contribution in [-0.4, -0.2) is 42.2 Å². The van der Waals surface area contributed by atoms with Gasteiger partial charge in [0.25, 0.3) is 0 Å². The van der Waals surface area contributed by atoms with Gasteiger partial charge < -0.3 is 21.1 Å². The third-order valence-corrected chi connectivity index (χ3v) is 3.10. The molecule has 0 atom stereocenters. The van der Waals surface area contributed by atoms with Gasteiger partial charge in [0.05, 0.1) is 17.3 Å². The van der Waals surface area contributed by atoms with Crippen LogP contribution in [0.3, 0.4) is 0 Å². The number of hydrogen-bond acceptors (Lipinski definition) is 4. The first kappa shape index (κ1) is 15.8. The van der Waals surface area contributed by atoms with Gasteiger partial charge in [-0.1, -0.05) is 18.5 Å². The van der Waals surface area contributed by atoms with Crippen LogP contribution in [0.1, 0.15) is 13.3 Å². The predicted molar refractivity (Wildman–Crippen MR) is 78.3 cm³/mol. The van der Waals surface area contributed by atoms with Crippen molar-refractivity contribution in [3.05, 3.63) is 23.2 Å². The van der Waals surface area contributed by atoms with Crippen LogP contribution >= 0.6 is 11.6 Å². The molecule has 6 heteroatoms. The molecular weight excluding hydrogens is 266 g/mol. The Kier molecular flexibility index (Phi) is 6.62. The molecule has 0 saturated heterocycles. The summed E-state index contributed by atoms with van der Waals surface area (Å²) in [6.45, 7) is 4.07. The molecular formula is C13H20ClN3O2. The highest BCUT2D eigenvalue weighted by Gasteiger charge is 2.08. The number of hydrogen-bond donors (Lipinski definition) is 3. The zero-order chi connectivity index (χ0) is 14.3. The monoisotopic (exact) mass is 285 g/mol. The summed E-state index contributed by atoms with van der Waals surface area (Å²) in [7, 11) is 0. The van der Waals surface area contributed by atoms with Crippen molar-refractivity contribution in [3.63, 3.8) is 0 Å². The number of anilines is 2. The largest absolute Gasteiger partial charge is 0.399 e.